The number of ether oxygens (including phenoxy) is 1. The maximum Gasteiger partial charge on any atom is 0.338 e. The zero-order valence-corrected chi connectivity index (χ0v) is 20.8. The second-order valence-electron chi connectivity index (χ2n) is 8.48. The zero-order valence-electron chi connectivity index (χ0n) is 19.2. The average molecular weight is 487 g/mol. The van der Waals surface area contributed by atoms with Crippen LogP contribution in [-0.4, -0.2) is 45.4 Å². The molecular formula is C25H29ClN3O3S+. The molecule has 0 aliphatic carbocycles. The SMILES string of the molecule is CCOC(=O)C1=C(C)N=C2SCC(O)([NH+](c3ccccc3)C(C)C)N2C1c1ccc(Cl)cc1. The van der Waals surface area contributed by atoms with E-state index in [0.717, 1.165) is 16.2 Å². The van der Waals surface area contributed by atoms with Gasteiger partial charge in [0.15, 0.2) is 5.17 Å². The quantitative estimate of drug-likeness (QED) is 0.478. The number of fused-ring (bicyclic) bond motifs is 1. The number of esters is 1. The van der Waals surface area contributed by atoms with Gasteiger partial charge in [-0.1, -0.05) is 53.7 Å². The number of hydrogen-bond acceptors (Lipinski definition) is 6. The van der Waals surface area contributed by atoms with Crippen molar-refractivity contribution < 1.29 is 19.5 Å². The monoisotopic (exact) mass is 486 g/mol. The minimum Gasteiger partial charge on any atom is -0.463 e. The largest absolute Gasteiger partial charge is 0.463 e. The lowest BCUT2D eigenvalue weighted by Crippen LogP contribution is -3.21. The summed E-state index contributed by atoms with van der Waals surface area (Å²) in [6.45, 7) is 8.02. The van der Waals surface area contributed by atoms with Crippen LogP contribution in [0.3, 0.4) is 0 Å². The summed E-state index contributed by atoms with van der Waals surface area (Å²) >= 11 is 7.67. The van der Waals surface area contributed by atoms with Crippen molar-refractivity contribution in [2.24, 2.45) is 4.99 Å². The highest BCUT2D eigenvalue weighted by atomic mass is 35.5. The molecule has 1 saturated heterocycles. The Bertz CT molecular complexity index is 1090. The Labute approximate surface area is 203 Å². The number of thioether (sulfide) groups is 1. The fraction of sp³-hybridized carbons (Fsp3) is 0.360. The standard InChI is InChI=1S/C25H28ClN3O3S/c1-5-32-23(30)21-17(4)27-24-29(22(21)18-11-13-19(26)14-12-18)25(31,15-33-24)28(16(2)3)20-9-7-6-8-10-20/h6-14,16,22,31H,5,15H2,1-4H3/p+1. The number of halogens is 1. The minimum atomic E-state index is -1.35. The van der Waals surface area contributed by atoms with Crippen molar-refractivity contribution in [3.63, 3.8) is 0 Å². The molecule has 174 valence electrons. The molecule has 0 aromatic heterocycles. The highest BCUT2D eigenvalue weighted by molar-refractivity contribution is 8.14. The molecule has 33 heavy (non-hydrogen) atoms. The van der Waals surface area contributed by atoms with E-state index in [4.69, 9.17) is 21.3 Å². The van der Waals surface area contributed by atoms with Crippen LogP contribution < -0.4 is 4.90 Å². The summed E-state index contributed by atoms with van der Waals surface area (Å²) in [5.41, 5.74) is 2.84. The number of amidine groups is 1. The number of carbonyl (C=O) groups excluding carboxylic acids is 1. The third-order valence-electron chi connectivity index (χ3n) is 5.97. The molecule has 3 atom stereocenters. The first-order valence-corrected chi connectivity index (χ1v) is 12.4. The van der Waals surface area contributed by atoms with Crippen molar-refractivity contribution in [2.75, 3.05) is 12.4 Å². The molecule has 0 bridgehead atoms. The maximum atomic E-state index is 13.1. The van der Waals surface area contributed by atoms with Gasteiger partial charge in [-0.3, -0.25) is 9.80 Å². The van der Waals surface area contributed by atoms with E-state index in [1.807, 2.05) is 54.3 Å². The summed E-state index contributed by atoms with van der Waals surface area (Å²) < 4.78 is 5.42. The molecule has 0 radical (unpaired) electrons. The third kappa shape index (κ3) is 4.30. The number of nitrogens with zero attached hydrogens (tertiary/aromatic N) is 2. The first-order chi connectivity index (χ1) is 15.8. The number of nitrogens with one attached hydrogen (secondary N) is 1. The van der Waals surface area contributed by atoms with Crippen LogP contribution in [0.2, 0.25) is 5.02 Å². The number of allylic oxidation sites excluding steroid dienone is 1. The average Bonchev–Trinajstić information content (AvgIpc) is 3.10. The van der Waals surface area contributed by atoms with Gasteiger partial charge in [0.1, 0.15) is 11.4 Å². The van der Waals surface area contributed by atoms with Gasteiger partial charge >= 0.3 is 5.97 Å². The highest BCUT2D eigenvalue weighted by Gasteiger charge is 2.59. The number of aliphatic imine (C=N–C) groups is 1. The van der Waals surface area contributed by atoms with Crippen LogP contribution in [0.15, 0.2) is 70.9 Å². The Morgan fingerprint density at radius 2 is 1.94 bits per heavy atom. The third-order valence-corrected chi connectivity index (χ3v) is 7.31. The van der Waals surface area contributed by atoms with E-state index in [-0.39, 0.29) is 12.6 Å². The first-order valence-electron chi connectivity index (χ1n) is 11.1. The predicted molar refractivity (Wildman–Crippen MR) is 132 cm³/mol. The fourth-order valence-electron chi connectivity index (χ4n) is 4.68. The Kier molecular flexibility index (Phi) is 6.86. The molecule has 6 nitrogen and oxygen atoms in total. The number of carbonyl (C=O) groups is 1. The lowest BCUT2D eigenvalue weighted by molar-refractivity contribution is -0.950. The summed E-state index contributed by atoms with van der Waals surface area (Å²) in [7, 11) is 0. The highest BCUT2D eigenvalue weighted by Crippen LogP contribution is 2.45. The van der Waals surface area contributed by atoms with Gasteiger partial charge in [-0.15, -0.1) is 0 Å². The van der Waals surface area contributed by atoms with Crippen molar-refractivity contribution in [3.05, 3.63) is 76.5 Å². The molecule has 0 amide bonds. The Hall–Kier alpha value is -2.32. The van der Waals surface area contributed by atoms with Gasteiger partial charge in [-0.25, -0.2) is 9.79 Å². The van der Waals surface area contributed by atoms with Crippen LogP contribution in [0.25, 0.3) is 0 Å². The van der Waals surface area contributed by atoms with Crippen LogP contribution in [0.5, 0.6) is 0 Å². The van der Waals surface area contributed by atoms with Gasteiger partial charge in [-0.2, -0.15) is 0 Å². The van der Waals surface area contributed by atoms with E-state index in [1.54, 1.807) is 19.1 Å². The van der Waals surface area contributed by atoms with Gasteiger partial charge in [0, 0.05) is 5.02 Å². The predicted octanol–water partition coefficient (Wildman–Crippen LogP) is 3.91. The summed E-state index contributed by atoms with van der Waals surface area (Å²) in [5.74, 6) is -1.37. The summed E-state index contributed by atoms with van der Waals surface area (Å²) in [5, 5.41) is 13.7. The summed E-state index contributed by atoms with van der Waals surface area (Å²) in [6.07, 6.45) is 0. The first kappa shape index (κ1) is 23.8. The second kappa shape index (κ2) is 9.50. The number of aliphatic hydroxyl groups is 1. The molecule has 2 N–H and O–H groups in total. The Balaban J connectivity index is 1.90. The van der Waals surface area contributed by atoms with Gasteiger partial charge in [0.25, 0.3) is 5.85 Å². The van der Waals surface area contributed by atoms with Crippen LogP contribution in [0, 0.1) is 0 Å². The van der Waals surface area contributed by atoms with E-state index < -0.39 is 17.9 Å². The van der Waals surface area contributed by atoms with E-state index in [2.05, 4.69) is 13.8 Å². The maximum absolute atomic E-state index is 13.1. The van der Waals surface area contributed by atoms with Gasteiger partial charge < -0.3 is 9.84 Å². The lowest BCUT2D eigenvalue weighted by atomic mass is 9.93. The van der Waals surface area contributed by atoms with Gasteiger partial charge in [0.05, 0.1) is 30.0 Å². The minimum absolute atomic E-state index is 0.0567. The van der Waals surface area contributed by atoms with E-state index in [9.17, 15) is 9.90 Å². The molecule has 3 unspecified atom stereocenters. The van der Waals surface area contributed by atoms with Crippen LogP contribution in [0.1, 0.15) is 39.3 Å². The van der Waals surface area contributed by atoms with Gasteiger partial charge in [0.2, 0.25) is 0 Å². The van der Waals surface area contributed by atoms with Crippen molar-refractivity contribution in [1.29, 1.82) is 0 Å². The number of rotatable bonds is 6. The normalized spacial score (nSPS) is 23.4. The summed E-state index contributed by atoms with van der Waals surface area (Å²) in [6, 6.07) is 16.8. The molecule has 2 aliphatic rings. The molecule has 2 aromatic rings. The molecule has 2 aromatic carbocycles. The van der Waals surface area contributed by atoms with Crippen molar-refractivity contribution >= 4 is 40.2 Å². The topological polar surface area (TPSA) is 66.6 Å². The number of benzene rings is 2. The number of quaternary nitrogens is 1. The molecule has 8 heteroatoms. The van der Waals surface area contributed by atoms with Crippen LogP contribution in [-0.2, 0) is 9.53 Å². The number of hydrogen-bond donors (Lipinski definition) is 2. The fourth-order valence-corrected chi connectivity index (χ4v) is 6.03. The molecule has 4 rings (SSSR count). The summed E-state index contributed by atoms with van der Waals surface area (Å²) in [4.78, 5) is 20.7. The van der Waals surface area contributed by atoms with Crippen molar-refractivity contribution in [1.82, 2.24) is 4.90 Å². The second-order valence-corrected chi connectivity index (χ2v) is 9.86. The number of para-hydroxylation sites is 1. The van der Waals surface area contributed by atoms with E-state index in [0.29, 0.717) is 27.2 Å². The van der Waals surface area contributed by atoms with Crippen molar-refractivity contribution in [3.8, 4) is 0 Å². The molecule has 2 aliphatic heterocycles. The zero-order chi connectivity index (χ0) is 23.8. The Morgan fingerprint density at radius 3 is 2.55 bits per heavy atom. The van der Waals surface area contributed by atoms with Crippen LogP contribution >= 0.6 is 23.4 Å². The van der Waals surface area contributed by atoms with Gasteiger partial charge in [-0.05, 0) is 57.5 Å². The van der Waals surface area contributed by atoms with E-state index >= 15 is 0 Å². The Morgan fingerprint density at radius 1 is 1.27 bits per heavy atom. The molecular weight excluding hydrogens is 458 g/mol. The smallest absolute Gasteiger partial charge is 0.338 e. The van der Waals surface area contributed by atoms with Crippen molar-refractivity contribution in [2.45, 2.75) is 45.6 Å². The molecule has 1 fully saturated rings. The van der Waals surface area contributed by atoms with Crippen LogP contribution in [0.4, 0.5) is 5.69 Å². The molecule has 0 spiro atoms. The molecule has 2 heterocycles. The van der Waals surface area contributed by atoms with E-state index in [1.165, 1.54) is 11.8 Å². The molecule has 0 saturated carbocycles. The lowest BCUT2D eigenvalue weighted by Gasteiger charge is -2.45.